The van der Waals surface area contributed by atoms with Gasteiger partial charge in [-0.25, -0.2) is 0 Å². The lowest BCUT2D eigenvalue weighted by Crippen LogP contribution is -1.88. The topological polar surface area (TPSA) is 36.7 Å². The normalized spacial score (nSPS) is 12.1. The molecule has 0 aliphatic rings. The number of halogens is 1. The first-order chi connectivity index (χ1) is 5.24. The van der Waals surface area contributed by atoms with Gasteiger partial charge in [-0.15, -0.1) is 0 Å². The summed E-state index contributed by atoms with van der Waals surface area (Å²) in [6, 6.07) is 5.62. The molecule has 3 heteroatoms. The van der Waals surface area contributed by atoms with Gasteiger partial charge in [-0.2, -0.15) is 5.26 Å². The van der Waals surface area contributed by atoms with E-state index < -0.39 is 0 Å². The average Bonchev–Trinajstić information content (AvgIpc) is 2.05. The van der Waals surface area contributed by atoms with Gasteiger partial charge in [-0.05, 0) is 19.1 Å². The Balaban J connectivity index is 2.94. The number of aromatic nitrogens is 1. The van der Waals surface area contributed by atoms with Gasteiger partial charge in [0.25, 0.3) is 0 Å². The third kappa shape index (κ3) is 2.02. The molecule has 0 bridgehead atoms. The van der Waals surface area contributed by atoms with Crippen LogP contribution in [0.4, 0.5) is 0 Å². The van der Waals surface area contributed by atoms with Crippen LogP contribution in [0.3, 0.4) is 0 Å². The Hall–Kier alpha value is -0.880. The van der Waals surface area contributed by atoms with Crippen molar-refractivity contribution in [2.45, 2.75) is 11.8 Å². The molecular formula is C8H7BrN2. The van der Waals surface area contributed by atoms with Gasteiger partial charge < -0.3 is 0 Å². The first-order valence-corrected chi connectivity index (χ1v) is 4.15. The van der Waals surface area contributed by atoms with E-state index in [1.165, 1.54) is 0 Å². The molecule has 1 unspecified atom stereocenters. The monoisotopic (exact) mass is 210 g/mol. The van der Waals surface area contributed by atoms with Crippen LogP contribution < -0.4 is 0 Å². The summed E-state index contributed by atoms with van der Waals surface area (Å²) in [4.78, 5) is 4.33. The van der Waals surface area contributed by atoms with E-state index in [-0.39, 0.29) is 4.83 Å². The summed E-state index contributed by atoms with van der Waals surface area (Å²) in [5, 5.41) is 8.47. The lowest BCUT2D eigenvalue weighted by atomic mass is 10.2. The number of alkyl halides is 1. The lowest BCUT2D eigenvalue weighted by molar-refractivity contribution is 1.02. The van der Waals surface area contributed by atoms with E-state index >= 15 is 0 Å². The van der Waals surface area contributed by atoms with Crippen LogP contribution in [0.25, 0.3) is 0 Å². The second-order valence-corrected chi connectivity index (χ2v) is 3.57. The van der Waals surface area contributed by atoms with Gasteiger partial charge in [0, 0.05) is 6.20 Å². The lowest BCUT2D eigenvalue weighted by Gasteiger charge is -1.99. The molecule has 0 amide bonds. The second kappa shape index (κ2) is 3.49. The van der Waals surface area contributed by atoms with Gasteiger partial charge in [0.1, 0.15) is 6.07 Å². The molecule has 1 heterocycles. The zero-order valence-corrected chi connectivity index (χ0v) is 7.67. The SMILES string of the molecule is CC(Br)c1ccc(C#N)cn1. The van der Waals surface area contributed by atoms with Crippen molar-refractivity contribution in [3.63, 3.8) is 0 Å². The van der Waals surface area contributed by atoms with Gasteiger partial charge in [-0.1, -0.05) is 15.9 Å². The van der Waals surface area contributed by atoms with E-state index in [4.69, 9.17) is 5.26 Å². The van der Waals surface area contributed by atoms with Crippen LogP contribution in [0.2, 0.25) is 0 Å². The van der Waals surface area contributed by atoms with Crippen molar-refractivity contribution in [3.8, 4) is 6.07 Å². The van der Waals surface area contributed by atoms with Crippen molar-refractivity contribution in [1.29, 1.82) is 5.26 Å². The highest BCUT2D eigenvalue weighted by molar-refractivity contribution is 9.09. The predicted octanol–water partition coefficient (Wildman–Crippen LogP) is 2.41. The van der Waals surface area contributed by atoms with E-state index in [0.717, 1.165) is 5.69 Å². The van der Waals surface area contributed by atoms with Crippen LogP contribution in [0.5, 0.6) is 0 Å². The summed E-state index contributed by atoms with van der Waals surface area (Å²) in [5.41, 5.74) is 1.55. The molecule has 2 nitrogen and oxygen atoms in total. The van der Waals surface area contributed by atoms with Crippen LogP contribution >= 0.6 is 15.9 Å². The fraction of sp³-hybridized carbons (Fsp3) is 0.250. The number of hydrogen-bond acceptors (Lipinski definition) is 2. The molecule has 0 aliphatic heterocycles. The molecule has 1 rings (SSSR count). The maximum Gasteiger partial charge on any atom is 0.101 e. The van der Waals surface area contributed by atoms with Crippen LogP contribution in [-0.2, 0) is 0 Å². The minimum Gasteiger partial charge on any atom is -0.259 e. The van der Waals surface area contributed by atoms with Crippen molar-refractivity contribution in [3.05, 3.63) is 29.6 Å². The molecular weight excluding hydrogens is 204 g/mol. The molecule has 1 aromatic rings. The molecule has 56 valence electrons. The van der Waals surface area contributed by atoms with Crippen molar-refractivity contribution in [1.82, 2.24) is 4.98 Å². The van der Waals surface area contributed by atoms with Crippen molar-refractivity contribution in [2.75, 3.05) is 0 Å². The molecule has 1 atom stereocenters. The van der Waals surface area contributed by atoms with Gasteiger partial charge in [0.15, 0.2) is 0 Å². The van der Waals surface area contributed by atoms with Crippen LogP contribution in [-0.4, -0.2) is 4.98 Å². The average molecular weight is 211 g/mol. The van der Waals surface area contributed by atoms with Gasteiger partial charge in [-0.3, -0.25) is 4.98 Å². The van der Waals surface area contributed by atoms with Gasteiger partial charge >= 0.3 is 0 Å². The Morgan fingerprint density at radius 1 is 1.64 bits per heavy atom. The number of pyridine rings is 1. The summed E-state index contributed by atoms with van der Waals surface area (Å²) in [5.74, 6) is 0. The van der Waals surface area contributed by atoms with Gasteiger partial charge in [0.2, 0.25) is 0 Å². The Morgan fingerprint density at radius 3 is 2.73 bits per heavy atom. The third-order valence-corrected chi connectivity index (χ3v) is 1.79. The molecule has 0 saturated heterocycles. The van der Waals surface area contributed by atoms with Crippen molar-refractivity contribution >= 4 is 15.9 Å². The van der Waals surface area contributed by atoms with Crippen molar-refractivity contribution < 1.29 is 0 Å². The van der Waals surface area contributed by atoms with E-state index in [1.54, 1.807) is 12.3 Å². The fourth-order valence-corrected chi connectivity index (χ4v) is 0.978. The Bertz CT molecular complexity index is 271. The zero-order valence-electron chi connectivity index (χ0n) is 6.08. The smallest absolute Gasteiger partial charge is 0.101 e. The molecule has 0 saturated carbocycles. The van der Waals surface area contributed by atoms with E-state index in [1.807, 2.05) is 19.1 Å². The first-order valence-electron chi connectivity index (χ1n) is 3.24. The van der Waals surface area contributed by atoms with Crippen LogP contribution in [0, 0.1) is 11.3 Å². The number of nitrogens with zero attached hydrogens (tertiary/aromatic N) is 2. The Kier molecular flexibility index (Phi) is 2.61. The second-order valence-electron chi connectivity index (χ2n) is 2.20. The standard InChI is InChI=1S/C8H7BrN2/c1-6(9)8-3-2-7(4-10)5-11-8/h2-3,5-6H,1H3. The third-order valence-electron chi connectivity index (χ3n) is 1.32. The van der Waals surface area contributed by atoms with E-state index in [0.29, 0.717) is 5.56 Å². The van der Waals surface area contributed by atoms with Gasteiger partial charge in [0.05, 0.1) is 16.1 Å². The van der Waals surface area contributed by atoms with Crippen LogP contribution in [0.1, 0.15) is 23.0 Å². The molecule has 0 N–H and O–H groups in total. The summed E-state index contributed by atoms with van der Waals surface area (Å²) in [7, 11) is 0. The molecule has 0 fully saturated rings. The largest absolute Gasteiger partial charge is 0.259 e. The molecule has 0 radical (unpaired) electrons. The molecule has 1 aromatic heterocycles. The summed E-state index contributed by atoms with van der Waals surface area (Å²) in [6.07, 6.45) is 1.58. The highest BCUT2D eigenvalue weighted by atomic mass is 79.9. The summed E-state index contributed by atoms with van der Waals surface area (Å²) in [6.45, 7) is 1.99. The predicted molar refractivity (Wildman–Crippen MR) is 46.3 cm³/mol. The molecule has 11 heavy (non-hydrogen) atoms. The Morgan fingerprint density at radius 2 is 2.36 bits per heavy atom. The maximum atomic E-state index is 8.47. The maximum absolute atomic E-state index is 8.47. The number of nitriles is 1. The van der Waals surface area contributed by atoms with E-state index in [9.17, 15) is 0 Å². The number of hydrogen-bond donors (Lipinski definition) is 0. The Labute approximate surface area is 74.0 Å². The zero-order chi connectivity index (χ0) is 8.27. The number of rotatable bonds is 1. The summed E-state index contributed by atoms with van der Waals surface area (Å²) >= 11 is 3.38. The van der Waals surface area contributed by atoms with Crippen molar-refractivity contribution in [2.24, 2.45) is 0 Å². The highest BCUT2D eigenvalue weighted by Gasteiger charge is 2.00. The molecule has 0 aromatic carbocycles. The van der Waals surface area contributed by atoms with E-state index in [2.05, 4.69) is 20.9 Å². The quantitative estimate of drug-likeness (QED) is 0.668. The highest BCUT2D eigenvalue weighted by Crippen LogP contribution is 2.18. The minimum absolute atomic E-state index is 0.246. The molecule has 0 spiro atoms. The first kappa shape index (κ1) is 8.22. The van der Waals surface area contributed by atoms with Crippen LogP contribution in [0.15, 0.2) is 18.3 Å². The fourth-order valence-electron chi connectivity index (χ4n) is 0.707. The summed E-state index contributed by atoms with van der Waals surface area (Å²) < 4.78 is 0. The molecule has 0 aliphatic carbocycles. The minimum atomic E-state index is 0.246.